The fraction of sp³-hybridized carbons (Fsp3) is 0.333. The van der Waals surface area contributed by atoms with E-state index in [9.17, 15) is 0 Å². The van der Waals surface area contributed by atoms with Crippen molar-refractivity contribution >= 4 is 11.6 Å². The summed E-state index contributed by atoms with van der Waals surface area (Å²) in [5, 5.41) is 4.13. The normalized spacial score (nSPS) is 10.6. The number of nitrogens with one attached hydrogen (secondary N) is 1. The molecule has 112 valence electrons. The fourth-order valence-corrected chi connectivity index (χ4v) is 2.37. The minimum atomic E-state index is 0.574. The first-order valence-electron chi connectivity index (χ1n) is 7.45. The number of hydrogen-bond donors (Lipinski definition) is 1. The summed E-state index contributed by atoms with van der Waals surface area (Å²) < 4.78 is 5.84. The first-order chi connectivity index (χ1) is 10.3. The molecule has 0 spiro atoms. The van der Waals surface area contributed by atoms with Gasteiger partial charge in [0.05, 0.1) is 0 Å². The number of benzene rings is 2. The van der Waals surface area contributed by atoms with Gasteiger partial charge >= 0.3 is 0 Å². The maximum absolute atomic E-state index is 5.97. The summed E-state index contributed by atoms with van der Waals surface area (Å²) in [7, 11) is 0. The van der Waals surface area contributed by atoms with Gasteiger partial charge in [-0.15, -0.1) is 0 Å². The first-order valence-corrected chi connectivity index (χ1v) is 7.83. The van der Waals surface area contributed by atoms with Crippen LogP contribution in [0.25, 0.3) is 0 Å². The molecule has 2 nitrogen and oxygen atoms in total. The van der Waals surface area contributed by atoms with E-state index in [4.69, 9.17) is 16.3 Å². The second-order valence-electron chi connectivity index (χ2n) is 5.01. The molecule has 0 aromatic heterocycles. The standard InChI is InChI=1S/C18H22ClNO/c1-2-11-20-12-10-15-6-3-4-7-16(15)14-21-18-9-5-8-17(19)13-18/h3-9,13,20H,2,10-12,14H2,1H3. The maximum Gasteiger partial charge on any atom is 0.121 e. The van der Waals surface area contributed by atoms with Crippen LogP contribution in [0.4, 0.5) is 0 Å². The molecular formula is C18H22ClNO. The van der Waals surface area contributed by atoms with Crippen LogP contribution in [0.5, 0.6) is 5.75 Å². The molecule has 0 fully saturated rings. The molecule has 1 N–H and O–H groups in total. The van der Waals surface area contributed by atoms with Gasteiger partial charge in [0.25, 0.3) is 0 Å². The molecule has 2 aromatic carbocycles. The number of halogens is 1. The van der Waals surface area contributed by atoms with Crippen LogP contribution in [0, 0.1) is 0 Å². The van der Waals surface area contributed by atoms with E-state index in [2.05, 4.69) is 36.5 Å². The lowest BCUT2D eigenvalue weighted by molar-refractivity contribution is 0.305. The molecule has 0 aliphatic heterocycles. The second kappa shape index (κ2) is 8.71. The van der Waals surface area contributed by atoms with Crippen LogP contribution >= 0.6 is 11.6 Å². The average Bonchev–Trinajstić information content (AvgIpc) is 2.50. The molecule has 0 saturated heterocycles. The van der Waals surface area contributed by atoms with E-state index in [1.807, 2.05) is 24.3 Å². The average molecular weight is 304 g/mol. The molecule has 0 unspecified atom stereocenters. The molecule has 0 amide bonds. The number of hydrogen-bond acceptors (Lipinski definition) is 2. The predicted octanol–water partition coefficient (Wildman–Crippen LogP) is 4.46. The van der Waals surface area contributed by atoms with Crippen LogP contribution in [0.15, 0.2) is 48.5 Å². The first kappa shape index (κ1) is 15.9. The Morgan fingerprint density at radius 1 is 1.00 bits per heavy atom. The molecule has 0 saturated carbocycles. The van der Waals surface area contributed by atoms with Gasteiger partial charge < -0.3 is 10.1 Å². The number of ether oxygens (including phenoxy) is 1. The summed E-state index contributed by atoms with van der Waals surface area (Å²) in [6.45, 7) is 4.83. The van der Waals surface area contributed by atoms with Crippen molar-refractivity contribution in [2.45, 2.75) is 26.4 Å². The zero-order valence-electron chi connectivity index (χ0n) is 12.4. The van der Waals surface area contributed by atoms with Crippen LogP contribution in [0.2, 0.25) is 5.02 Å². The SMILES string of the molecule is CCCNCCc1ccccc1COc1cccc(Cl)c1. The van der Waals surface area contributed by atoms with Crippen LogP contribution in [-0.2, 0) is 13.0 Å². The highest BCUT2D eigenvalue weighted by atomic mass is 35.5. The Kier molecular flexibility index (Phi) is 6.58. The van der Waals surface area contributed by atoms with Crippen LogP contribution in [0.1, 0.15) is 24.5 Å². The van der Waals surface area contributed by atoms with Gasteiger partial charge in [-0.2, -0.15) is 0 Å². The van der Waals surface area contributed by atoms with Crippen molar-refractivity contribution < 1.29 is 4.74 Å². The van der Waals surface area contributed by atoms with Crippen molar-refractivity contribution in [1.82, 2.24) is 5.32 Å². The van der Waals surface area contributed by atoms with Crippen molar-refractivity contribution in [2.24, 2.45) is 0 Å². The summed E-state index contributed by atoms with van der Waals surface area (Å²) in [6, 6.07) is 16.0. The monoisotopic (exact) mass is 303 g/mol. The third-order valence-electron chi connectivity index (χ3n) is 3.31. The van der Waals surface area contributed by atoms with Gasteiger partial charge in [0.1, 0.15) is 12.4 Å². The Morgan fingerprint density at radius 2 is 1.81 bits per heavy atom. The topological polar surface area (TPSA) is 21.3 Å². The Morgan fingerprint density at radius 3 is 2.57 bits per heavy atom. The highest BCUT2D eigenvalue weighted by molar-refractivity contribution is 6.30. The van der Waals surface area contributed by atoms with Gasteiger partial charge in [-0.3, -0.25) is 0 Å². The third-order valence-corrected chi connectivity index (χ3v) is 3.54. The summed E-state index contributed by atoms with van der Waals surface area (Å²) in [6.07, 6.45) is 2.19. The maximum atomic E-state index is 5.97. The van der Waals surface area contributed by atoms with Crippen molar-refractivity contribution in [3.8, 4) is 5.75 Å². The van der Waals surface area contributed by atoms with E-state index in [1.165, 1.54) is 17.5 Å². The highest BCUT2D eigenvalue weighted by Crippen LogP contribution is 2.19. The molecule has 2 aromatic rings. The minimum absolute atomic E-state index is 0.574. The van der Waals surface area contributed by atoms with Crippen LogP contribution < -0.4 is 10.1 Å². The number of rotatable bonds is 8. The Hall–Kier alpha value is -1.51. The lowest BCUT2D eigenvalue weighted by Crippen LogP contribution is -2.18. The molecule has 0 radical (unpaired) electrons. The van der Waals surface area contributed by atoms with E-state index in [0.29, 0.717) is 11.6 Å². The second-order valence-corrected chi connectivity index (χ2v) is 5.45. The quantitative estimate of drug-likeness (QED) is 0.727. The molecule has 0 aliphatic carbocycles. The molecule has 0 atom stereocenters. The molecule has 0 aliphatic rings. The zero-order valence-corrected chi connectivity index (χ0v) is 13.2. The smallest absolute Gasteiger partial charge is 0.121 e. The third kappa shape index (κ3) is 5.41. The van der Waals surface area contributed by atoms with Gasteiger partial charge in [-0.05, 0) is 55.3 Å². The van der Waals surface area contributed by atoms with E-state index in [0.717, 1.165) is 25.3 Å². The van der Waals surface area contributed by atoms with Gasteiger partial charge in [0, 0.05) is 5.02 Å². The largest absolute Gasteiger partial charge is 0.489 e. The lowest BCUT2D eigenvalue weighted by atomic mass is 10.1. The molecular weight excluding hydrogens is 282 g/mol. The molecule has 2 rings (SSSR count). The van der Waals surface area contributed by atoms with Crippen molar-refractivity contribution in [1.29, 1.82) is 0 Å². The van der Waals surface area contributed by atoms with E-state index in [1.54, 1.807) is 0 Å². The van der Waals surface area contributed by atoms with Gasteiger partial charge in [0.2, 0.25) is 0 Å². The Balaban J connectivity index is 1.93. The van der Waals surface area contributed by atoms with Gasteiger partial charge in [-0.25, -0.2) is 0 Å². The summed E-state index contributed by atoms with van der Waals surface area (Å²) in [4.78, 5) is 0. The highest BCUT2D eigenvalue weighted by Gasteiger charge is 2.03. The van der Waals surface area contributed by atoms with Crippen LogP contribution in [-0.4, -0.2) is 13.1 Å². The van der Waals surface area contributed by atoms with Crippen molar-refractivity contribution in [3.63, 3.8) is 0 Å². The molecule has 0 heterocycles. The summed E-state index contributed by atoms with van der Waals surface area (Å²) in [5.74, 6) is 0.807. The zero-order chi connectivity index (χ0) is 14.9. The predicted molar refractivity (Wildman–Crippen MR) is 89.1 cm³/mol. The van der Waals surface area contributed by atoms with Gasteiger partial charge in [-0.1, -0.05) is 48.9 Å². The van der Waals surface area contributed by atoms with Crippen LogP contribution in [0.3, 0.4) is 0 Å². The fourth-order valence-electron chi connectivity index (χ4n) is 2.18. The lowest BCUT2D eigenvalue weighted by Gasteiger charge is -2.11. The van der Waals surface area contributed by atoms with E-state index >= 15 is 0 Å². The van der Waals surface area contributed by atoms with Crippen molar-refractivity contribution in [3.05, 3.63) is 64.7 Å². The van der Waals surface area contributed by atoms with E-state index in [-0.39, 0.29) is 0 Å². The Labute approximate surface area is 132 Å². The molecule has 21 heavy (non-hydrogen) atoms. The van der Waals surface area contributed by atoms with E-state index < -0.39 is 0 Å². The molecule has 3 heteroatoms. The summed E-state index contributed by atoms with van der Waals surface area (Å²) in [5.41, 5.74) is 2.57. The Bertz CT molecular complexity index is 556. The summed E-state index contributed by atoms with van der Waals surface area (Å²) >= 11 is 5.97. The van der Waals surface area contributed by atoms with Gasteiger partial charge in [0.15, 0.2) is 0 Å². The minimum Gasteiger partial charge on any atom is -0.489 e. The molecule has 0 bridgehead atoms. The van der Waals surface area contributed by atoms with Crippen molar-refractivity contribution in [2.75, 3.05) is 13.1 Å².